The van der Waals surface area contributed by atoms with E-state index in [1.165, 1.54) is 18.5 Å². The zero-order valence-corrected chi connectivity index (χ0v) is 6.65. The van der Waals surface area contributed by atoms with E-state index in [1.54, 1.807) is 6.08 Å². The van der Waals surface area contributed by atoms with Crippen molar-refractivity contribution in [1.29, 1.82) is 0 Å². The van der Waals surface area contributed by atoms with Crippen molar-refractivity contribution in [1.82, 2.24) is 10.7 Å². The Balaban J connectivity index is 2.62. The number of primary amides is 1. The molecule has 0 unspecified atom stereocenters. The maximum Gasteiger partial charge on any atom is 0.250 e. The van der Waals surface area contributed by atoms with Crippen molar-refractivity contribution in [3.05, 3.63) is 40.7 Å². The largest absolute Gasteiger partial charge is 0.366 e. The Hall–Kier alpha value is -2.11. The van der Waals surface area contributed by atoms with Crippen LogP contribution in [-0.4, -0.2) is 5.91 Å². The molecule has 0 bridgehead atoms. The highest BCUT2D eigenvalue weighted by Crippen LogP contribution is 2.04. The molecule has 1 amide bonds. The minimum Gasteiger partial charge on any atom is -0.366 e. The molecule has 0 spiro atoms. The van der Waals surface area contributed by atoms with Crippen molar-refractivity contribution < 1.29 is 4.79 Å². The molecule has 13 heavy (non-hydrogen) atoms. The summed E-state index contributed by atoms with van der Waals surface area (Å²) in [6.45, 7) is 0. The molecule has 1 aliphatic rings. The van der Waals surface area contributed by atoms with E-state index in [0.29, 0.717) is 11.3 Å². The minimum absolute atomic E-state index is 0.371. The maximum absolute atomic E-state index is 10.6. The van der Waals surface area contributed by atoms with Gasteiger partial charge in [0.2, 0.25) is 5.91 Å². The molecule has 6 heteroatoms. The fourth-order valence-electron chi connectivity index (χ4n) is 0.776. The first kappa shape index (κ1) is 8.98. The number of hydrogen-bond donors (Lipinski definition) is 3. The molecule has 0 saturated heterocycles. The molecular weight excluding hydrogens is 172 g/mol. The van der Waals surface area contributed by atoms with Gasteiger partial charge in [0.1, 0.15) is 0 Å². The van der Waals surface area contributed by atoms with Crippen LogP contribution in [0.2, 0.25) is 0 Å². The van der Waals surface area contributed by atoms with Crippen molar-refractivity contribution in [3.8, 4) is 0 Å². The zero-order chi connectivity index (χ0) is 9.68. The summed E-state index contributed by atoms with van der Waals surface area (Å²) in [5.41, 5.74) is 8.11. The summed E-state index contributed by atoms with van der Waals surface area (Å²) >= 11 is 0. The molecule has 0 saturated carbocycles. The Kier molecular flexibility index (Phi) is 2.80. The number of carbonyl (C=O) groups excluding carboxylic acids is 1. The Morgan fingerprint density at radius 2 is 2.38 bits per heavy atom. The summed E-state index contributed by atoms with van der Waals surface area (Å²) in [7, 11) is 0. The molecule has 0 aromatic rings. The maximum atomic E-state index is 10.6. The number of amides is 1. The number of rotatable bonds is 3. The Morgan fingerprint density at radius 1 is 1.62 bits per heavy atom. The summed E-state index contributed by atoms with van der Waals surface area (Å²) < 4.78 is 0. The SMILES string of the molecule is NC(=O)C1=CN/C(=C\NN=O)C=C1. The van der Waals surface area contributed by atoms with E-state index >= 15 is 0 Å². The standard InChI is InChI=1S/C7H8N4O2/c8-7(12)5-1-2-6(9-3-5)4-10-11-13/h1-4,9H,(H2,8,12)(H,10,13)/b6-4-. The first-order valence-corrected chi connectivity index (χ1v) is 3.46. The van der Waals surface area contributed by atoms with Crippen molar-refractivity contribution in [3.63, 3.8) is 0 Å². The van der Waals surface area contributed by atoms with E-state index in [9.17, 15) is 9.70 Å². The van der Waals surface area contributed by atoms with Gasteiger partial charge in [0.25, 0.3) is 0 Å². The van der Waals surface area contributed by atoms with Crippen LogP contribution in [0.15, 0.2) is 41.1 Å². The third-order valence-corrected chi connectivity index (χ3v) is 1.39. The lowest BCUT2D eigenvalue weighted by atomic mass is 10.2. The lowest BCUT2D eigenvalue weighted by Crippen LogP contribution is -2.19. The first-order valence-electron chi connectivity index (χ1n) is 3.46. The van der Waals surface area contributed by atoms with Crippen LogP contribution in [-0.2, 0) is 4.79 Å². The van der Waals surface area contributed by atoms with E-state index < -0.39 is 5.91 Å². The van der Waals surface area contributed by atoms with Gasteiger partial charge in [-0.25, -0.2) is 5.43 Å². The first-order chi connectivity index (χ1) is 6.24. The molecule has 4 N–H and O–H groups in total. The third kappa shape index (κ3) is 2.44. The van der Waals surface area contributed by atoms with Gasteiger partial charge in [-0.15, -0.1) is 4.91 Å². The monoisotopic (exact) mass is 180 g/mol. The second kappa shape index (κ2) is 4.05. The number of dihydropyridines is 1. The van der Waals surface area contributed by atoms with Crippen LogP contribution in [0.4, 0.5) is 0 Å². The van der Waals surface area contributed by atoms with Gasteiger partial charge in [0, 0.05) is 12.4 Å². The molecular formula is C7H8N4O2. The number of nitroso groups, excluding NO2 is 1. The molecule has 0 fully saturated rings. The van der Waals surface area contributed by atoms with Crippen LogP contribution in [0.25, 0.3) is 0 Å². The van der Waals surface area contributed by atoms with Gasteiger partial charge in [-0.1, -0.05) is 0 Å². The summed E-state index contributed by atoms with van der Waals surface area (Å²) in [5, 5.41) is 5.16. The van der Waals surface area contributed by atoms with E-state index in [4.69, 9.17) is 5.73 Å². The summed E-state index contributed by atoms with van der Waals surface area (Å²) in [6, 6.07) is 0. The molecule has 1 rings (SSSR count). The van der Waals surface area contributed by atoms with Crippen molar-refractivity contribution >= 4 is 5.91 Å². The minimum atomic E-state index is -0.510. The van der Waals surface area contributed by atoms with Gasteiger partial charge < -0.3 is 11.1 Å². The summed E-state index contributed by atoms with van der Waals surface area (Å²) in [5.74, 6) is -0.510. The van der Waals surface area contributed by atoms with Gasteiger partial charge in [-0.3, -0.25) is 4.79 Å². The average molecular weight is 180 g/mol. The van der Waals surface area contributed by atoms with Crippen LogP contribution in [0, 0.1) is 4.91 Å². The number of carbonyl (C=O) groups is 1. The highest BCUT2D eigenvalue weighted by molar-refractivity contribution is 5.95. The van der Waals surface area contributed by atoms with E-state index in [2.05, 4.69) is 16.0 Å². The second-order valence-electron chi connectivity index (χ2n) is 2.26. The normalized spacial score (nSPS) is 17.5. The number of nitrogens with two attached hydrogens (primary N) is 1. The van der Waals surface area contributed by atoms with Gasteiger partial charge >= 0.3 is 0 Å². The Labute approximate surface area is 74.1 Å². The zero-order valence-electron chi connectivity index (χ0n) is 6.65. The van der Waals surface area contributed by atoms with E-state index in [0.717, 1.165) is 0 Å². The van der Waals surface area contributed by atoms with Crippen molar-refractivity contribution in [2.45, 2.75) is 0 Å². The number of nitrogens with one attached hydrogen (secondary N) is 2. The van der Waals surface area contributed by atoms with Gasteiger partial charge in [0.15, 0.2) is 0 Å². The van der Waals surface area contributed by atoms with Gasteiger partial charge in [-0.05, 0) is 12.2 Å². The van der Waals surface area contributed by atoms with Gasteiger partial charge in [0.05, 0.1) is 16.6 Å². The van der Waals surface area contributed by atoms with Crippen LogP contribution >= 0.6 is 0 Å². The quantitative estimate of drug-likeness (QED) is 0.407. The van der Waals surface area contributed by atoms with Crippen LogP contribution in [0.5, 0.6) is 0 Å². The highest BCUT2D eigenvalue weighted by Gasteiger charge is 2.04. The lowest BCUT2D eigenvalue weighted by Gasteiger charge is -2.07. The van der Waals surface area contributed by atoms with E-state index in [-0.39, 0.29) is 0 Å². The Bertz CT molecular complexity index is 316. The Morgan fingerprint density at radius 3 is 2.85 bits per heavy atom. The fraction of sp³-hybridized carbons (Fsp3) is 0. The molecule has 0 radical (unpaired) electrons. The molecule has 68 valence electrons. The lowest BCUT2D eigenvalue weighted by molar-refractivity contribution is -0.114. The van der Waals surface area contributed by atoms with E-state index in [1.807, 2.05) is 0 Å². The van der Waals surface area contributed by atoms with Gasteiger partial charge in [-0.2, -0.15) is 0 Å². The molecule has 0 atom stereocenters. The van der Waals surface area contributed by atoms with Crippen LogP contribution < -0.4 is 16.5 Å². The number of allylic oxidation sites excluding steroid dienone is 1. The number of nitrogens with zero attached hydrogens (tertiary/aromatic N) is 1. The van der Waals surface area contributed by atoms with Crippen LogP contribution in [0.1, 0.15) is 0 Å². The molecule has 1 aliphatic heterocycles. The van der Waals surface area contributed by atoms with Crippen molar-refractivity contribution in [2.24, 2.45) is 11.0 Å². The highest BCUT2D eigenvalue weighted by atomic mass is 16.3. The summed E-state index contributed by atoms with van der Waals surface area (Å²) in [4.78, 5) is 20.3. The average Bonchev–Trinajstić information content (AvgIpc) is 2.15. The molecule has 1 heterocycles. The molecule has 6 nitrogen and oxygen atoms in total. The third-order valence-electron chi connectivity index (χ3n) is 1.39. The predicted octanol–water partition coefficient (Wildman–Crippen LogP) is -0.373. The van der Waals surface area contributed by atoms with Crippen LogP contribution in [0.3, 0.4) is 0 Å². The molecule has 0 aromatic carbocycles. The fourth-order valence-corrected chi connectivity index (χ4v) is 0.776. The number of hydrogen-bond acceptors (Lipinski definition) is 4. The topological polar surface area (TPSA) is 96.6 Å². The second-order valence-corrected chi connectivity index (χ2v) is 2.26. The van der Waals surface area contributed by atoms with Crippen molar-refractivity contribution in [2.75, 3.05) is 0 Å². The molecule has 0 aliphatic carbocycles. The predicted molar refractivity (Wildman–Crippen MR) is 46.6 cm³/mol. The summed E-state index contributed by atoms with van der Waals surface area (Å²) in [6.07, 6.45) is 5.94. The molecule has 0 aromatic heterocycles. The smallest absolute Gasteiger partial charge is 0.250 e.